The lowest BCUT2D eigenvalue weighted by molar-refractivity contribution is -0.120. The maximum Gasteiger partial charge on any atom is 0.251 e. The van der Waals surface area contributed by atoms with Crippen molar-refractivity contribution in [2.45, 2.75) is 38.5 Å². The summed E-state index contributed by atoms with van der Waals surface area (Å²) in [6, 6.07) is 16.0. The van der Waals surface area contributed by atoms with Gasteiger partial charge in [0.05, 0.1) is 6.54 Å². The topological polar surface area (TPSA) is 58.2 Å². The van der Waals surface area contributed by atoms with Gasteiger partial charge in [0.25, 0.3) is 5.91 Å². The van der Waals surface area contributed by atoms with Crippen molar-refractivity contribution in [3.63, 3.8) is 0 Å². The van der Waals surface area contributed by atoms with Gasteiger partial charge in [-0.05, 0) is 44.4 Å². The van der Waals surface area contributed by atoms with Gasteiger partial charge >= 0.3 is 0 Å². The molecule has 1 aliphatic carbocycles. The van der Waals surface area contributed by atoms with Crippen molar-refractivity contribution in [1.82, 2.24) is 10.6 Å². The Morgan fingerprint density at radius 1 is 0.962 bits per heavy atom. The summed E-state index contributed by atoms with van der Waals surface area (Å²) in [6.45, 7) is 4.53. The Morgan fingerprint density at radius 3 is 2.19 bits per heavy atom. The summed E-state index contributed by atoms with van der Waals surface area (Å²) in [4.78, 5) is 24.5. The standard InChI is InChI=1S/C22H26N2O2/c1-16-11-17(2)13-18(12-16)21(26)23-14-20(25)24-15-22(9-6-10-22)19-7-4-3-5-8-19/h3-5,7-8,11-13H,6,9-10,14-15H2,1-2H3,(H,23,26)(H,24,25). The maximum atomic E-state index is 12.3. The molecule has 0 aromatic heterocycles. The molecule has 0 saturated heterocycles. The van der Waals surface area contributed by atoms with Gasteiger partial charge in [-0.15, -0.1) is 0 Å². The number of aryl methyl sites for hydroxylation is 2. The molecule has 1 saturated carbocycles. The van der Waals surface area contributed by atoms with E-state index in [9.17, 15) is 9.59 Å². The van der Waals surface area contributed by atoms with Crippen LogP contribution in [0.15, 0.2) is 48.5 Å². The van der Waals surface area contributed by atoms with E-state index < -0.39 is 0 Å². The van der Waals surface area contributed by atoms with Gasteiger partial charge in [0.1, 0.15) is 0 Å². The van der Waals surface area contributed by atoms with Gasteiger partial charge in [-0.3, -0.25) is 9.59 Å². The van der Waals surface area contributed by atoms with Crippen molar-refractivity contribution < 1.29 is 9.59 Å². The van der Waals surface area contributed by atoms with Gasteiger partial charge in [0.2, 0.25) is 5.91 Å². The summed E-state index contributed by atoms with van der Waals surface area (Å²) in [7, 11) is 0. The predicted molar refractivity (Wildman–Crippen MR) is 103 cm³/mol. The summed E-state index contributed by atoms with van der Waals surface area (Å²) in [5, 5.41) is 5.71. The van der Waals surface area contributed by atoms with E-state index in [0.717, 1.165) is 24.0 Å². The zero-order valence-corrected chi connectivity index (χ0v) is 15.5. The van der Waals surface area contributed by atoms with Gasteiger partial charge in [-0.2, -0.15) is 0 Å². The van der Waals surface area contributed by atoms with Crippen molar-refractivity contribution in [3.8, 4) is 0 Å². The van der Waals surface area contributed by atoms with Gasteiger partial charge in [-0.25, -0.2) is 0 Å². The lowest BCUT2D eigenvalue weighted by atomic mass is 9.64. The largest absolute Gasteiger partial charge is 0.354 e. The molecule has 2 aromatic rings. The lowest BCUT2D eigenvalue weighted by Gasteiger charge is -2.42. The minimum absolute atomic E-state index is 0.00328. The number of benzene rings is 2. The monoisotopic (exact) mass is 350 g/mol. The Kier molecular flexibility index (Phi) is 5.40. The van der Waals surface area contributed by atoms with Crippen molar-refractivity contribution in [2.24, 2.45) is 0 Å². The SMILES string of the molecule is Cc1cc(C)cc(C(=O)NCC(=O)NCC2(c3ccccc3)CCC2)c1. The smallest absolute Gasteiger partial charge is 0.251 e. The van der Waals surface area contributed by atoms with Crippen LogP contribution in [0, 0.1) is 13.8 Å². The van der Waals surface area contributed by atoms with Crippen LogP contribution in [0.1, 0.15) is 46.3 Å². The second-order valence-electron chi connectivity index (χ2n) is 7.34. The molecule has 0 heterocycles. The number of hydrogen-bond donors (Lipinski definition) is 2. The molecule has 1 fully saturated rings. The van der Waals surface area contributed by atoms with E-state index in [1.807, 2.05) is 50.2 Å². The highest BCUT2D eigenvalue weighted by atomic mass is 16.2. The number of carbonyl (C=O) groups is 2. The van der Waals surface area contributed by atoms with Gasteiger partial charge < -0.3 is 10.6 Å². The first kappa shape index (κ1) is 18.2. The Balaban J connectivity index is 1.52. The Morgan fingerprint density at radius 2 is 1.62 bits per heavy atom. The van der Waals surface area contributed by atoms with E-state index in [4.69, 9.17) is 0 Å². The molecular formula is C22H26N2O2. The van der Waals surface area contributed by atoms with Crippen molar-refractivity contribution in [2.75, 3.05) is 13.1 Å². The second kappa shape index (κ2) is 7.73. The van der Waals surface area contributed by atoms with Gasteiger partial charge in [-0.1, -0.05) is 53.9 Å². The molecule has 4 heteroatoms. The molecule has 2 aromatic carbocycles. The molecule has 1 aliphatic rings. The number of amides is 2. The first-order valence-electron chi connectivity index (χ1n) is 9.17. The molecule has 0 spiro atoms. The summed E-state index contributed by atoms with van der Waals surface area (Å²) in [6.07, 6.45) is 3.37. The molecule has 0 radical (unpaired) electrons. The number of rotatable bonds is 6. The third-order valence-electron chi connectivity index (χ3n) is 5.21. The molecule has 0 aliphatic heterocycles. The third-order valence-corrected chi connectivity index (χ3v) is 5.21. The van der Waals surface area contributed by atoms with E-state index >= 15 is 0 Å². The van der Waals surface area contributed by atoms with Crippen LogP contribution in [-0.4, -0.2) is 24.9 Å². The summed E-state index contributed by atoms with van der Waals surface area (Å²) >= 11 is 0. The fraction of sp³-hybridized carbons (Fsp3) is 0.364. The normalized spacial score (nSPS) is 15.0. The number of hydrogen-bond acceptors (Lipinski definition) is 2. The van der Waals surface area contributed by atoms with E-state index in [0.29, 0.717) is 12.1 Å². The molecular weight excluding hydrogens is 324 g/mol. The Labute approximate surface area is 155 Å². The summed E-state index contributed by atoms with van der Waals surface area (Å²) in [5.41, 5.74) is 4.00. The summed E-state index contributed by atoms with van der Waals surface area (Å²) in [5.74, 6) is -0.363. The van der Waals surface area contributed by atoms with Crippen molar-refractivity contribution in [3.05, 3.63) is 70.8 Å². The third kappa shape index (κ3) is 4.13. The average molecular weight is 350 g/mol. The van der Waals surface area contributed by atoms with E-state index in [2.05, 4.69) is 22.8 Å². The lowest BCUT2D eigenvalue weighted by Crippen LogP contribution is -2.47. The molecule has 136 valence electrons. The van der Waals surface area contributed by atoms with E-state index in [1.165, 1.54) is 12.0 Å². The highest BCUT2D eigenvalue weighted by Crippen LogP contribution is 2.43. The molecule has 0 bridgehead atoms. The molecule has 4 nitrogen and oxygen atoms in total. The zero-order valence-electron chi connectivity index (χ0n) is 15.5. The fourth-order valence-corrected chi connectivity index (χ4v) is 3.66. The molecule has 26 heavy (non-hydrogen) atoms. The quantitative estimate of drug-likeness (QED) is 0.840. The van der Waals surface area contributed by atoms with E-state index in [1.54, 1.807) is 0 Å². The molecule has 0 atom stereocenters. The Hall–Kier alpha value is -2.62. The Bertz CT molecular complexity index is 775. The first-order valence-corrected chi connectivity index (χ1v) is 9.17. The van der Waals surface area contributed by atoms with Crippen LogP contribution in [0.4, 0.5) is 0 Å². The van der Waals surface area contributed by atoms with Crippen LogP contribution in [0.5, 0.6) is 0 Å². The van der Waals surface area contributed by atoms with Crippen LogP contribution < -0.4 is 10.6 Å². The van der Waals surface area contributed by atoms with Crippen LogP contribution in [0.3, 0.4) is 0 Å². The minimum Gasteiger partial charge on any atom is -0.354 e. The molecule has 0 unspecified atom stereocenters. The fourth-order valence-electron chi connectivity index (χ4n) is 3.66. The van der Waals surface area contributed by atoms with E-state index in [-0.39, 0.29) is 23.8 Å². The molecule has 2 amide bonds. The van der Waals surface area contributed by atoms with Crippen LogP contribution in [-0.2, 0) is 10.2 Å². The summed E-state index contributed by atoms with van der Waals surface area (Å²) < 4.78 is 0. The molecule has 2 N–H and O–H groups in total. The second-order valence-corrected chi connectivity index (χ2v) is 7.34. The van der Waals surface area contributed by atoms with Gasteiger partial charge in [0.15, 0.2) is 0 Å². The van der Waals surface area contributed by atoms with Crippen LogP contribution >= 0.6 is 0 Å². The zero-order chi connectivity index (χ0) is 18.6. The van der Waals surface area contributed by atoms with Crippen molar-refractivity contribution in [1.29, 1.82) is 0 Å². The molecule has 3 rings (SSSR count). The first-order chi connectivity index (χ1) is 12.5. The minimum atomic E-state index is -0.214. The predicted octanol–water partition coefficient (Wildman–Crippen LogP) is 3.27. The maximum absolute atomic E-state index is 12.3. The number of carbonyl (C=O) groups excluding carboxylic acids is 2. The average Bonchev–Trinajstić information content (AvgIpc) is 2.59. The van der Waals surface area contributed by atoms with Crippen LogP contribution in [0.2, 0.25) is 0 Å². The van der Waals surface area contributed by atoms with Crippen LogP contribution in [0.25, 0.3) is 0 Å². The highest BCUT2D eigenvalue weighted by molar-refractivity contribution is 5.96. The highest BCUT2D eigenvalue weighted by Gasteiger charge is 2.38. The number of nitrogens with one attached hydrogen (secondary N) is 2. The van der Waals surface area contributed by atoms with Gasteiger partial charge in [0, 0.05) is 17.5 Å². The van der Waals surface area contributed by atoms with Crippen molar-refractivity contribution >= 4 is 11.8 Å².